The number of fused-ring (bicyclic) bond motifs is 1. The number of halogens is 2. The molecule has 2 aromatic rings. The Hall–Kier alpha value is -2.70. The molecule has 0 unspecified atom stereocenters. The van der Waals surface area contributed by atoms with E-state index < -0.39 is 22.1 Å². The molecule has 2 N–H and O–H groups in total. The molecule has 1 heterocycles. The van der Waals surface area contributed by atoms with E-state index >= 15 is 0 Å². The van der Waals surface area contributed by atoms with Gasteiger partial charge in [-0.25, -0.2) is 8.78 Å². The molecule has 0 atom stereocenters. The Morgan fingerprint density at radius 1 is 1.14 bits per heavy atom. The Kier molecular flexibility index (Phi) is 2.97. The Bertz CT molecular complexity index is 749. The van der Waals surface area contributed by atoms with Gasteiger partial charge in [0, 0.05) is 19.2 Å². The first kappa shape index (κ1) is 13.3. The molecule has 0 amide bonds. The summed E-state index contributed by atoms with van der Waals surface area (Å²) in [6, 6.07) is 6.91. The summed E-state index contributed by atoms with van der Waals surface area (Å²) in [5.41, 5.74) is 6.37. The normalized spacial score (nSPS) is 13.3. The third-order valence-corrected chi connectivity index (χ3v) is 3.56. The fourth-order valence-electron chi connectivity index (χ4n) is 2.51. The van der Waals surface area contributed by atoms with E-state index in [-0.39, 0.29) is 11.5 Å². The summed E-state index contributed by atoms with van der Waals surface area (Å²) in [5.74, 6) is -1.17. The molecule has 0 bridgehead atoms. The predicted octanol–water partition coefficient (Wildman–Crippen LogP) is 2.98. The number of rotatable bonds is 2. The molecule has 0 aromatic heterocycles. The van der Waals surface area contributed by atoms with Gasteiger partial charge in [-0.15, -0.1) is 0 Å². The molecular weight excluding hydrogens is 280 g/mol. The summed E-state index contributed by atoms with van der Waals surface area (Å²) in [4.78, 5) is 11.7. The molecule has 5 nitrogen and oxygen atoms in total. The number of hydrogen-bond donors (Lipinski definition) is 1. The maximum atomic E-state index is 14.2. The lowest BCUT2D eigenvalue weighted by molar-refractivity contribution is -0.384. The lowest BCUT2D eigenvalue weighted by atomic mass is 10.1. The number of nitro groups is 1. The van der Waals surface area contributed by atoms with E-state index in [1.807, 2.05) is 0 Å². The second-order valence-corrected chi connectivity index (χ2v) is 4.86. The molecule has 1 aliphatic rings. The van der Waals surface area contributed by atoms with Gasteiger partial charge in [-0.1, -0.05) is 6.07 Å². The van der Waals surface area contributed by atoms with Crippen LogP contribution in [0.1, 0.15) is 11.1 Å². The third kappa shape index (κ3) is 2.16. The van der Waals surface area contributed by atoms with Crippen LogP contribution < -0.4 is 10.6 Å². The minimum absolute atomic E-state index is 0.176. The van der Waals surface area contributed by atoms with Gasteiger partial charge in [-0.2, -0.15) is 0 Å². The van der Waals surface area contributed by atoms with Crippen LogP contribution in [0.3, 0.4) is 0 Å². The summed E-state index contributed by atoms with van der Waals surface area (Å²) in [7, 11) is 0. The number of hydrogen-bond acceptors (Lipinski definition) is 4. The van der Waals surface area contributed by atoms with E-state index in [0.717, 1.165) is 11.1 Å². The fraction of sp³-hybridized carbons (Fsp3) is 0.143. The first-order chi connectivity index (χ1) is 9.97. The SMILES string of the molecule is Nc1c([N+](=O)[O-])ccc(N2Cc3ccc(F)cc3C2)c1F. The van der Waals surface area contributed by atoms with Crippen molar-refractivity contribution in [2.45, 2.75) is 13.1 Å². The van der Waals surface area contributed by atoms with Crippen LogP contribution in [-0.4, -0.2) is 4.92 Å². The highest BCUT2D eigenvalue weighted by atomic mass is 19.1. The minimum Gasteiger partial charge on any atom is -0.391 e. The van der Waals surface area contributed by atoms with E-state index in [0.29, 0.717) is 13.1 Å². The topological polar surface area (TPSA) is 72.4 Å². The van der Waals surface area contributed by atoms with E-state index in [1.165, 1.54) is 24.3 Å². The van der Waals surface area contributed by atoms with Crippen molar-refractivity contribution in [3.05, 3.63) is 63.2 Å². The van der Waals surface area contributed by atoms with Crippen molar-refractivity contribution in [1.29, 1.82) is 0 Å². The van der Waals surface area contributed by atoms with Gasteiger partial charge in [-0.3, -0.25) is 10.1 Å². The highest BCUT2D eigenvalue weighted by Crippen LogP contribution is 2.35. The molecule has 0 aliphatic carbocycles. The van der Waals surface area contributed by atoms with Crippen LogP contribution >= 0.6 is 0 Å². The quantitative estimate of drug-likeness (QED) is 0.524. The Morgan fingerprint density at radius 2 is 1.86 bits per heavy atom. The third-order valence-electron chi connectivity index (χ3n) is 3.56. The molecule has 108 valence electrons. The average Bonchev–Trinajstić information content (AvgIpc) is 2.83. The molecule has 7 heteroatoms. The van der Waals surface area contributed by atoms with Crippen molar-refractivity contribution in [1.82, 2.24) is 0 Å². The summed E-state index contributed by atoms with van der Waals surface area (Å²) >= 11 is 0. The fourth-order valence-corrected chi connectivity index (χ4v) is 2.51. The lowest BCUT2D eigenvalue weighted by Crippen LogP contribution is -2.17. The zero-order valence-corrected chi connectivity index (χ0v) is 10.8. The number of nitro benzene ring substituents is 1. The molecule has 21 heavy (non-hydrogen) atoms. The second kappa shape index (κ2) is 4.69. The van der Waals surface area contributed by atoms with Crippen molar-refractivity contribution in [2.75, 3.05) is 10.6 Å². The van der Waals surface area contributed by atoms with Gasteiger partial charge in [0.1, 0.15) is 11.5 Å². The van der Waals surface area contributed by atoms with E-state index in [9.17, 15) is 18.9 Å². The van der Waals surface area contributed by atoms with Crippen molar-refractivity contribution >= 4 is 17.1 Å². The van der Waals surface area contributed by atoms with Crippen LogP contribution in [-0.2, 0) is 13.1 Å². The zero-order chi connectivity index (χ0) is 15.1. The molecule has 0 saturated heterocycles. The van der Waals surface area contributed by atoms with Crippen molar-refractivity contribution < 1.29 is 13.7 Å². The molecule has 3 rings (SSSR count). The highest BCUT2D eigenvalue weighted by Gasteiger charge is 2.26. The summed E-state index contributed by atoms with van der Waals surface area (Å²) in [6.07, 6.45) is 0. The number of nitrogens with zero attached hydrogens (tertiary/aromatic N) is 2. The molecule has 0 radical (unpaired) electrons. The lowest BCUT2D eigenvalue weighted by Gasteiger charge is -2.19. The van der Waals surface area contributed by atoms with Crippen molar-refractivity contribution in [3.63, 3.8) is 0 Å². The first-order valence-corrected chi connectivity index (χ1v) is 6.22. The minimum atomic E-state index is -0.822. The molecule has 0 saturated carbocycles. The maximum absolute atomic E-state index is 14.2. The Labute approximate surface area is 118 Å². The highest BCUT2D eigenvalue weighted by molar-refractivity contribution is 5.69. The zero-order valence-electron chi connectivity index (χ0n) is 10.8. The van der Waals surface area contributed by atoms with Gasteiger partial charge in [0.15, 0.2) is 5.82 Å². The molecule has 0 spiro atoms. The standard InChI is InChI=1S/C14H11F2N3O2/c15-10-2-1-8-6-18(7-9(8)5-10)11-3-4-12(19(20)21)14(17)13(11)16/h1-5H,6-7,17H2. The van der Waals surface area contributed by atoms with Crippen LogP contribution in [0.25, 0.3) is 0 Å². The number of benzene rings is 2. The van der Waals surface area contributed by atoms with Gasteiger partial charge in [-0.05, 0) is 29.3 Å². The van der Waals surface area contributed by atoms with Gasteiger partial charge in [0.25, 0.3) is 5.69 Å². The summed E-state index contributed by atoms with van der Waals surface area (Å²) < 4.78 is 27.4. The number of nitrogen functional groups attached to an aromatic ring is 1. The largest absolute Gasteiger partial charge is 0.391 e. The van der Waals surface area contributed by atoms with Crippen LogP contribution in [0.4, 0.5) is 25.8 Å². The van der Waals surface area contributed by atoms with Crippen LogP contribution in [0.2, 0.25) is 0 Å². The van der Waals surface area contributed by atoms with Crippen molar-refractivity contribution in [2.24, 2.45) is 0 Å². The number of anilines is 2. The van der Waals surface area contributed by atoms with Crippen LogP contribution in [0.15, 0.2) is 30.3 Å². The first-order valence-electron chi connectivity index (χ1n) is 6.22. The van der Waals surface area contributed by atoms with E-state index in [1.54, 1.807) is 11.0 Å². The smallest absolute Gasteiger partial charge is 0.295 e. The maximum Gasteiger partial charge on any atom is 0.295 e. The van der Waals surface area contributed by atoms with Crippen LogP contribution in [0, 0.1) is 21.7 Å². The second-order valence-electron chi connectivity index (χ2n) is 4.86. The van der Waals surface area contributed by atoms with Gasteiger partial charge >= 0.3 is 0 Å². The van der Waals surface area contributed by atoms with Gasteiger partial charge in [0.2, 0.25) is 0 Å². The molecule has 2 aromatic carbocycles. The average molecular weight is 291 g/mol. The number of nitrogens with two attached hydrogens (primary N) is 1. The predicted molar refractivity (Wildman–Crippen MR) is 73.8 cm³/mol. The Balaban J connectivity index is 1.97. The molecular formula is C14H11F2N3O2. The van der Waals surface area contributed by atoms with Gasteiger partial charge < -0.3 is 10.6 Å². The molecule has 0 fully saturated rings. The Morgan fingerprint density at radius 3 is 2.57 bits per heavy atom. The van der Waals surface area contributed by atoms with E-state index in [4.69, 9.17) is 5.73 Å². The van der Waals surface area contributed by atoms with Crippen LogP contribution in [0.5, 0.6) is 0 Å². The van der Waals surface area contributed by atoms with E-state index in [2.05, 4.69) is 0 Å². The van der Waals surface area contributed by atoms with Crippen molar-refractivity contribution in [3.8, 4) is 0 Å². The van der Waals surface area contributed by atoms with Gasteiger partial charge in [0.05, 0.1) is 10.6 Å². The monoisotopic (exact) mass is 291 g/mol. The molecule has 1 aliphatic heterocycles. The summed E-state index contributed by atoms with van der Waals surface area (Å²) in [6.45, 7) is 0.741. The summed E-state index contributed by atoms with van der Waals surface area (Å²) in [5, 5.41) is 10.7.